The predicted molar refractivity (Wildman–Crippen MR) is 92.8 cm³/mol. The molecule has 0 spiro atoms. The first kappa shape index (κ1) is 16.1. The first-order valence-corrected chi connectivity index (χ1v) is 7.56. The van der Waals surface area contributed by atoms with Crippen molar-refractivity contribution in [2.24, 2.45) is 10.8 Å². The number of nitrogens with one attached hydrogen (secondary N) is 1. The lowest BCUT2D eigenvalue weighted by atomic mass is 9.99. The van der Waals surface area contributed by atoms with E-state index in [1.54, 1.807) is 0 Å². The average molecular weight is 293 g/mol. The van der Waals surface area contributed by atoms with Crippen molar-refractivity contribution in [1.82, 2.24) is 0 Å². The highest BCUT2D eigenvalue weighted by Gasteiger charge is 2.08. The second-order valence-electron chi connectivity index (χ2n) is 5.53. The molecule has 2 rings (SSSR count). The van der Waals surface area contributed by atoms with E-state index in [0.717, 1.165) is 11.1 Å². The molecular formula is C19H23N3. The zero-order valence-electron chi connectivity index (χ0n) is 13.2. The lowest BCUT2D eigenvalue weighted by molar-refractivity contribution is 0.617. The van der Waals surface area contributed by atoms with E-state index in [1.165, 1.54) is 16.7 Å². The molecule has 0 radical (unpaired) electrons. The Morgan fingerprint density at radius 3 is 2.41 bits per heavy atom. The molecule has 22 heavy (non-hydrogen) atoms. The molecule has 0 aromatic heterocycles. The van der Waals surface area contributed by atoms with Gasteiger partial charge in [0.25, 0.3) is 0 Å². The molecule has 0 saturated carbocycles. The van der Waals surface area contributed by atoms with E-state index >= 15 is 0 Å². The minimum Gasteiger partial charge on any atom is -0.330 e. The normalized spacial score (nSPS) is 12.5. The Hall–Kier alpha value is -2.26. The fourth-order valence-electron chi connectivity index (χ4n) is 2.60. The molecule has 0 aliphatic rings. The van der Waals surface area contributed by atoms with Crippen molar-refractivity contribution < 1.29 is 0 Å². The zero-order chi connectivity index (χ0) is 15.9. The minimum absolute atomic E-state index is 0.140. The Balaban J connectivity index is 2.27. The van der Waals surface area contributed by atoms with Crippen molar-refractivity contribution in [3.8, 4) is 0 Å². The summed E-state index contributed by atoms with van der Waals surface area (Å²) in [6.45, 7) is 4.79. The SMILES string of the molecule is Cc1cccc(C)c1C=Cc1cccc(C(CCN)N=N)c1. The van der Waals surface area contributed by atoms with Crippen LogP contribution in [0.2, 0.25) is 0 Å². The molecule has 0 aliphatic carbocycles. The average Bonchev–Trinajstić information content (AvgIpc) is 2.52. The van der Waals surface area contributed by atoms with E-state index in [0.29, 0.717) is 13.0 Å². The van der Waals surface area contributed by atoms with Gasteiger partial charge in [-0.3, -0.25) is 0 Å². The van der Waals surface area contributed by atoms with Gasteiger partial charge in [-0.2, -0.15) is 5.11 Å². The van der Waals surface area contributed by atoms with Crippen molar-refractivity contribution >= 4 is 12.2 Å². The van der Waals surface area contributed by atoms with Crippen LogP contribution in [0.15, 0.2) is 47.6 Å². The maximum Gasteiger partial charge on any atom is 0.0967 e. The van der Waals surface area contributed by atoms with E-state index in [9.17, 15) is 0 Å². The van der Waals surface area contributed by atoms with Gasteiger partial charge >= 0.3 is 0 Å². The molecular weight excluding hydrogens is 270 g/mol. The van der Waals surface area contributed by atoms with Crippen LogP contribution in [0.25, 0.3) is 12.2 Å². The summed E-state index contributed by atoms with van der Waals surface area (Å²) in [5.41, 5.74) is 18.9. The first-order valence-electron chi connectivity index (χ1n) is 7.56. The maximum absolute atomic E-state index is 7.32. The lowest BCUT2D eigenvalue weighted by Gasteiger charge is -2.10. The number of hydrogen-bond donors (Lipinski definition) is 2. The van der Waals surface area contributed by atoms with E-state index in [2.05, 4.69) is 61.4 Å². The summed E-state index contributed by atoms with van der Waals surface area (Å²) in [6.07, 6.45) is 4.97. The van der Waals surface area contributed by atoms with Gasteiger partial charge in [-0.25, -0.2) is 5.53 Å². The van der Waals surface area contributed by atoms with Crippen LogP contribution in [0.5, 0.6) is 0 Å². The van der Waals surface area contributed by atoms with Crippen LogP contribution in [-0.4, -0.2) is 6.54 Å². The quantitative estimate of drug-likeness (QED) is 0.578. The standard InChI is InChI=1S/C19H23N3/c1-14-5-3-6-15(2)18(14)10-9-16-7-4-8-17(13-16)19(22-21)11-12-20/h3-10,13,19,21H,11-12,20H2,1-2H3. The Morgan fingerprint density at radius 2 is 1.77 bits per heavy atom. The predicted octanol–water partition coefficient (Wildman–Crippen LogP) is 4.89. The van der Waals surface area contributed by atoms with Gasteiger partial charge in [-0.15, -0.1) is 0 Å². The Labute approximate surface area is 132 Å². The second-order valence-corrected chi connectivity index (χ2v) is 5.53. The van der Waals surface area contributed by atoms with Gasteiger partial charge in [-0.1, -0.05) is 48.6 Å². The zero-order valence-corrected chi connectivity index (χ0v) is 13.2. The molecule has 114 valence electrons. The van der Waals surface area contributed by atoms with Gasteiger partial charge in [0.1, 0.15) is 0 Å². The molecule has 2 aromatic rings. The Kier molecular flexibility index (Phi) is 5.61. The highest BCUT2D eigenvalue weighted by Crippen LogP contribution is 2.23. The third kappa shape index (κ3) is 3.89. The molecule has 1 unspecified atom stereocenters. The van der Waals surface area contributed by atoms with E-state index in [4.69, 9.17) is 11.3 Å². The van der Waals surface area contributed by atoms with E-state index in [-0.39, 0.29) is 6.04 Å². The molecule has 0 aliphatic heterocycles. The largest absolute Gasteiger partial charge is 0.330 e. The number of nitrogens with two attached hydrogens (primary N) is 1. The smallest absolute Gasteiger partial charge is 0.0967 e. The fourth-order valence-corrected chi connectivity index (χ4v) is 2.60. The van der Waals surface area contributed by atoms with Gasteiger partial charge < -0.3 is 5.73 Å². The van der Waals surface area contributed by atoms with Crippen molar-refractivity contribution in [3.05, 3.63) is 70.3 Å². The monoisotopic (exact) mass is 293 g/mol. The van der Waals surface area contributed by atoms with Crippen LogP contribution in [0.4, 0.5) is 0 Å². The van der Waals surface area contributed by atoms with Crippen molar-refractivity contribution in [1.29, 1.82) is 5.53 Å². The molecule has 0 fully saturated rings. The first-order chi connectivity index (χ1) is 10.7. The second kappa shape index (κ2) is 7.66. The van der Waals surface area contributed by atoms with Gasteiger partial charge in [-0.05, 0) is 60.7 Å². The molecule has 3 N–H and O–H groups in total. The Bertz CT molecular complexity index is 654. The summed E-state index contributed by atoms with van der Waals surface area (Å²) < 4.78 is 0. The highest BCUT2D eigenvalue weighted by molar-refractivity contribution is 5.72. The summed E-state index contributed by atoms with van der Waals surface area (Å²) in [7, 11) is 0. The number of rotatable bonds is 6. The van der Waals surface area contributed by atoms with Crippen LogP contribution in [0, 0.1) is 19.4 Å². The van der Waals surface area contributed by atoms with Crippen molar-refractivity contribution in [2.75, 3.05) is 6.54 Å². The molecule has 0 bridgehead atoms. The molecule has 3 heteroatoms. The number of hydrogen-bond acceptors (Lipinski definition) is 3. The van der Waals surface area contributed by atoms with Crippen LogP contribution in [-0.2, 0) is 0 Å². The number of aryl methyl sites for hydroxylation is 2. The molecule has 1 atom stereocenters. The lowest BCUT2D eigenvalue weighted by Crippen LogP contribution is -2.05. The Morgan fingerprint density at radius 1 is 1.09 bits per heavy atom. The molecule has 3 nitrogen and oxygen atoms in total. The van der Waals surface area contributed by atoms with Gasteiger partial charge in [0, 0.05) is 0 Å². The molecule has 0 saturated heterocycles. The van der Waals surface area contributed by atoms with Gasteiger partial charge in [0.15, 0.2) is 0 Å². The summed E-state index contributed by atoms with van der Waals surface area (Å²) in [6, 6.07) is 14.4. The van der Waals surface area contributed by atoms with Gasteiger partial charge in [0.2, 0.25) is 0 Å². The van der Waals surface area contributed by atoms with Crippen LogP contribution >= 0.6 is 0 Å². The van der Waals surface area contributed by atoms with E-state index in [1.807, 2.05) is 12.1 Å². The molecule has 2 aromatic carbocycles. The number of nitrogens with zero attached hydrogens (tertiary/aromatic N) is 1. The summed E-state index contributed by atoms with van der Waals surface area (Å²) >= 11 is 0. The third-order valence-corrected chi connectivity index (χ3v) is 3.88. The summed E-state index contributed by atoms with van der Waals surface area (Å²) in [4.78, 5) is 0. The summed E-state index contributed by atoms with van der Waals surface area (Å²) in [5, 5.41) is 3.68. The van der Waals surface area contributed by atoms with Crippen LogP contribution in [0.3, 0.4) is 0 Å². The van der Waals surface area contributed by atoms with Crippen LogP contribution < -0.4 is 5.73 Å². The van der Waals surface area contributed by atoms with Crippen molar-refractivity contribution in [3.63, 3.8) is 0 Å². The third-order valence-electron chi connectivity index (χ3n) is 3.88. The fraction of sp³-hybridized carbons (Fsp3) is 0.263. The topological polar surface area (TPSA) is 62.2 Å². The molecule has 0 amide bonds. The summed E-state index contributed by atoms with van der Waals surface area (Å²) in [5.74, 6) is 0. The van der Waals surface area contributed by atoms with Crippen molar-refractivity contribution in [2.45, 2.75) is 26.3 Å². The minimum atomic E-state index is -0.140. The van der Waals surface area contributed by atoms with E-state index < -0.39 is 0 Å². The highest BCUT2D eigenvalue weighted by atomic mass is 15.0. The molecule has 0 heterocycles. The van der Waals surface area contributed by atoms with Gasteiger partial charge in [0.05, 0.1) is 6.04 Å². The maximum atomic E-state index is 7.32. The van der Waals surface area contributed by atoms with Crippen LogP contribution in [0.1, 0.15) is 40.3 Å². The number of benzene rings is 2.